The standard InChI is InChI=1S/C22H25ClN6O2/c1-13(2)29-20-16(10-25-29)9-18(14(3)26-20)22(31)28-8-4-5-15(12-28)21(30)27-19-7-6-17(23)11-24-19/h6-7,9-11,13,15H,4-5,8,12H2,1-3H3,(H,24,27,30)/t15-/m1/s1. The van der Waals surface area contributed by atoms with E-state index >= 15 is 0 Å². The number of carbonyl (C=O) groups is 2. The van der Waals surface area contributed by atoms with Crippen LogP contribution >= 0.6 is 11.6 Å². The van der Waals surface area contributed by atoms with Gasteiger partial charge in [-0.05, 0) is 51.8 Å². The van der Waals surface area contributed by atoms with Gasteiger partial charge in [-0.2, -0.15) is 5.10 Å². The minimum atomic E-state index is -0.295. The van der Waals surface area contributed by atoms with E-state index in [0.717, 1.165) is 23.9 Å². The van der Waals surface area contributed by atoms with Gasteiger partial charge in [0.05, 0.1) is 28.4 Å². The molecule has 9 heteroatoms. The summed E-state index contributed by atoms with van der Waals surface area (Å²) in [7, 11) is 0. The van der Waals surface area contributed by atoms with Gasteiger partial charge >= 0.3 is 0 Å². The van der Waals surface area contributed by atoms with Crippen molar-refractivity contribution < 1.29 is 9.59 Å². The molecule has 1 N–H and O–H groups in total. The summed E-state index contributed by atoms with van der Waals surface area (Å²) in [4.78, 5) is 36.5. The van der Waals surface area contributed by atoms with Crippen molar-refractivity contribution in [1.29, 1.82) is 0 Å². The fourth-order valence-electron chi connectivity index (χ4n) is 3.88. The van der Waals surface area contributed by atoms with Crippen LogP contribution in [0.4, 0.5) is 5.82 Å². The molecule has 1 saturated heterocycles. The van der Waals surface area contributed by atoms with Crippen molar-refractivity contribution in [1.82, 2.24) is 24.6 Å². The van der Waals surface area contributed by atoms with Crippen LogP contribution < -0.4 is 5.32 Å². The number of anilines is 1. The Kier molecular flexibility index (Phi) is 5.91. The number of nitrogens with zero attached hydrogens (tertiary/aromatic N) is 5. The molecule has 2 amide bonds. The number of aromatic nitrogens is 4. The smallest absolute Gasteiger partial charge is 0.255 e. The number of carbonyl (C=O) groups excluding carboxylic acids is 2. The van der Waals surface area contributed by atoms with Gasteiger partial charge in [0.15, 0.2) is 5.65 Å². The summed E-state index contributed by atoms with van der Waals surface area (Å²) >= 11 is 5.85. The van der Waals surface area contributed by atoms with Crippen molar-refractivity contribution in [2.75, 3.05) is 18.4 Å². The Morgan fingerprint density at radius 1 is 1.26 bits per heavy atom. The summed E-state index contributed by atoms with van der Waals surface area (Å²) in [6.45, 7) is 6.90. The number of hydrogen-bond acceptors (Lipinski definition) is 5. The van der Waals surface area contributed by atoms with E-state index in [4.69, 9.17) is 11.6 Å². The van der Waals surface area contributed by atoms with Crippen LogP contribution in [0, 0.1) is 12.8 Å². The van der Waals surface area contributed by atoms with E-state index in [1.165, 1.54) is 6.20 Å². The maximum Gasteiger partial charge on any atom is 0.255 e. The molecular weight excluding hydrogens is 416 g/mol. The lowest BCUT2D eigenvalue weighted by Gasteiger charge is -2.32. The molecule has 4 heterocycles. The van der Waals surface area contributed by atoms with Crippen molar-refractivity contribution in [3.8, 4) is 0 Å². The Balaban J connectivity index is 1.50. The third-order valence-corrected chi connectivity index (χ3v) is 5.76. The number of nitrogens with one attached hydrogen (secondary N) is 1. The molecule has 1 aliphatic rings. The minimum Gasteiger partial charge on any atom is -0.338 e. The normalized spacial score (nSPS) is 16.7. The van der Waals surface area contributed by atoms with Crippen LogP contribution in [0.3, 0.4) is 0 Å². The van der Waals surface area contributed by atoms with Gasteiger partial charge in [0.2, 0.25) is 5.91 Å². The van der Waals surface area contributed by atoms with Crippen molar-refractivity contribution >= 4 is 40.3 Å². The Morgan fingerprint density at radius 3 is 2.77 bits per heavy atom. The molecule has 8 nitrogen and oxygen atoms in total. The lowest BCUT2D eigenvalue weighted by Crippen LogP contribution is -2.44. The maximum atomic E-state index is 13.3. The molecule has 0 bridgehead atoms. The summed E-state index contributed by atoms with van der Waals surface area (Å²) in [6, 6.07) is 5.37. The number of aryl methyl sites for hydroxylation is 1. The second-order valence-corrected chi connectivity index (χ2v) is 8.59. The average Bonchev–Trinajstić information content (AvgIpc) is 3.17. The Morgan fingerprint density at radius 2 is 2.06 bits per heavy atom. The van der Waals surface area contributed by atoms with Gasteiger partial charge in [-0.3, -0.25) is 9.59 Å². The monoisotopic (exact) mass is 440 g/mol. The molecule has 3 aromatic heterocycles. The topological polar surface area (TPSA) is 93.0 Å². The van der Waals surface area contributed by atoms with Crippen LogP contribution in [0.1, 0.15) is 48.8 Å². The molecule has 3 aromatic rings. The quantitative estimate of drug-likeness (QED) is 0.664. The lowest BCUT2D eigenvalue weighted by molar-refractivity contribution is -0.121. The summed E-state index contributed by atoms with van der Waals surface area (Å²) in [6.07, 6.45) is 4.71. The molecule has 0 unspecified atom stereocenters. The zero-order chi connectivity index (χ0) is 22.1. The second-order valence-electron chi connectivity index (χ2n) is 8.16. The fourth-order valence-corrected chi connectivity index (χ4v) is 4.00. The molecule has 31 heavy (non-hydrogen) atoms. The predicted molar refractivity (Wildman–Crippen MR) is 119 cm³/mol. The first-order valence-electron chi connectivity index (χ1n) is 10.4. The van der Waals surface area contributed by atoms with Gasteiger partial charge in [-0.25, -0.2) is 14.6 Å². The van der Waals surface area contributed by atoms with Gasteiger partial charge in [-0.1, -0.05) is 11.6 Å². The second kappa shape index (κ2) is 8.63. The molecule has 0 spiro atoms. The average molecular weight is 441 g/mol. The minimum absolute atomic E-state index is 0.105. The maximum absolute atomic E-state index is 13.3. The van der Waals surface area contributed by atoms with Crippen LogP contribution in [0.15, 0.2) is 30.6 Å². The summed E-state index contributed by atoms with van der Waals surface area (Å²) in [5.74, 6) is -0.0940. The van der Waals surface area contributed by atoms with Crippen molar-refractivity contribution in [2.45, 2.75) is 39.7 Å². The van der Waals surface area contributed by atoms with Crippen LogP contribution in [-0.2, 0) is 4.79 Å². The van der Waals surface area contributed by atoms with Gasteiger partial charge in [0.25, 0.3) is 5.91 Å². The van der Waals surface area contributed by atoms with Gasteiger partial charge in [0.1, 0.15) is 5.82 Å². The highest BCUT2D eigenvalue weighted by molar-refractivity contribution is 6.30. The zero-order valence-corrected chi connectivity index (χ0v) is 18.6. The number of fused-ring (bicyclic) bond motifs is 1. The Hall–Kier alpha value is -3.00. The third kappa shape index (κ3) is 4.39. The number of hydrogen-bond donors (Lipinski definition) is 1. The molecule has 0 saturated carbocycles. The van der Waals surface area contributed by atoms with Gasteiger partial charge in [0, 0.05) is 30.7 Å². The number of likely N-dealkylation sites (tertiary alicyclic amines) is 1. The first-order valence-corrected chi connectivity index (χ1v) is 10.8. The lowest BCUT2D eigenvalue weighted by atomic mass is 9.96. The van der Waals surface area contributed by atoms with E-state index in [1.807, 2.05) is 31.5 Å². The molecule has 0 aliphatic carbocycles. The van der Waals surface area contributed by atoms with Crippen molar-refractivity contribution in [2.24, 2.45) is 5.92 Å². The largest absolute Gasteiger partial charge is 0.338 e. The predicted octanol–water partition coefficient (Wildman–Crippen LogP) is 3.86. The molecule has 162 valence electrons. The van der Waals surface area contributed by atoms with E-state index in [2.05, 4.69) is 20.4 Å². The highest BCUT2D eigenvalue weighted by Crippen LogP contribution is 2.24. The SMILES string of the molecule is Cc1nc2c(cnn2C(C)C)cc1C(=O)N1CCC[C@@H](C(=O)Nc2ccc(Cl)cn2)C1. The highest BCUT2D eigenvalue weighted by atomic mass is 35.5. The fraction of sp³-hybridized carbons (Fsp3) is 0.409. The summed E-state index contributed by atoms with van der Waals surface area (Å²) in [5.41, 5.74) is 1.99. The van der Waals surface area contributed by atoms with Crippen molar-refractivity contribution in [3.63, 3.8) is 0 Å². The van der Waals surface area contributed by atoms with E-state index < -0.39 is 0 Å². The molecule has 1 aliphatic heterocycles. The van der Waals surface area contributed by atoms with Crippen LogP contribution in [0.2, 0.25) is 5.02 Å². The van der Waals surface area contributed by atoms with Crippen molar-refractivity contribution in [3.05, 3.63) is 46.9 Å². The zero-order valence-electron chi connectivity index (χ0n) is 17.8. The molecular formula is C22H25ClN6O2. The molecule has 0 aromatic carbocycles. The van der Waals surface area contributed by atoms with E-state index in [1.54, 1.807) is 23.2 Å². The highest BCUT2D eigenvalue weighted by Gasteiger charge is 2.30. The van der Waals surface area contributed by atoms with Crippen LogP contribution in [0.25, 0.3) is 11.0 Å². The number of rotatable bonds is 4. The van der Waals surface area contributed by atoms with E-state index in [9.17, 15) is 9.59 Å². The number of amides is 2. The Bertz CT molecular complexity index is 1120. The molecule has 1 fully saturated rings. The molecule has 1 atom stereocenters. The van der Waals surface area contributed by atoms with E-state index in [0.29, 0.717) is 35.2 Å². The number of pyridine rings is 2. The number of halogens is 1. The molecule has 0 radical (unpaired) electrons. The first kappa shape index (κ1) is 21.2. The summed E-state index contributed by atoms with van der Waals surface area (Å²) in [5, 5.41) is 8.55. The third-order valence-electron chi connectivity index (χ3n) is 5.54. The first-order chi connectivity index (χ1) is 14.8. The summed E-state index contributed by atoms with van der Waals surface area (Å²) < 4.78 is 1.85. The van der Waals surface area contributed by atoms with Crippen LogP contribution in [0.5, 0.6) is 0 Å². The van der Waals surface area contributed by atoms with E-state index in [-0.39, 0.29) is 23.8 Å². The van der Waals surface area contributed by atoms with Crippen LogP contribution in [-0.4, -0.2) is 49.6 Å². The Labute approximate surface area is 185 Å². The van der Waals surface area contributed by atoms with Gasteiger partial charge in [-0.15, -0.1) is 0 Å². The van der Waals surface area contributed by atoms with Gasteiger partial charge < -0.3 is 10.2 Å². The molecule has 4 rings (SSSR count). The number of piperidine rings is 1.